The second kappa shape index (κ2) is 6.25. The summed E-state index contributed by atoms with van der Waals surface area (Å²) in [6.07, 6.45) is 0. The van der Waals surface area contributed by atoms with Crippen LogP contribution in [0.25, 0.3) is 0 Å². The molecular formula is C16H20NO2P. The number of hydrogen-bond donors (Lipinski definition) is 1. The van der Waals surface area contributed by atoms with Crippen molar-refractivity contribution in [1.82, 2.24) is 5.09 Å². The number of hydrogen-bond acceptors (Lipinski definition) is 2. The molecule has 0 heterocycles. The molecule has 0 radical (unpaired) electrons. The van der Waals surface area contributed by atoms with E-state index in [4.69, 9.17) is 4.52 Å². The van der Waals surface area contributed by atoms with Crippen LogP contribution in [0.15, 0.2) is 48.5 Å². The highest BCUT2D eigenvalue weighted by Crippen LogP contribution is 2.39. The Morgan fingerprint density at radius 2 is 1.65 bits per heavy atom. The molecule has 3 nitrogen and oxygen atoms in total. The summed E-state index contributed by atoms with van der Waals surface area (Å²) in [6.45, 7) is 6.13. The third-order valence-electron chi connectivity index (χ3n) is 2.89. The van der Waals surface area contributed by atoms with Gasteiger partial charge in [-0.15, -0.1) is 0 Å². The van der Waals surface area contributed by atoms with Gasteiger partial charge in [-0.2, -0.15) is 0 Å². The second-order valence-electron chi connectivity index (χ2n) is 5.08. The van der Waals surface area contributed by atoms with Crippen LogP contribution in [0.3, 0.4) is 0 Å². The first-order chi connectivity index (χ1) is 9.44. The van der Waals surface area contributed by atoms with E-state index < -0.39 is 7.52 Å². The van der Waals surface area contributed by atoms with Crippen molar-refractivity contribution in [2.45, 2.75) is 20.4 Å². The predicted molar refractivity (Wildman–Crippen MR) is 83.4 cm³/mol. The summed E-state index contributed by atoms with van der Waals surface area (Å²) in [5.74, 6) is 0.647. The van der Waals surface area contributed by atoms with Gasteiger partial charge in [0.05, 0.1) is 0 Å². The van der Waals surface area contributed by atoms with Gasteiger partial charge in [-0.05, 0) is 42.7 Å². The molecule has 2 aromatic rings. The topological polar surface area (TPSA) is 38.3 Å². The molecule has 0 saturated heterocycles. The normalized spacial score (nSPS) is 13.8. The van der Waals surface area contributed by atoms with Crippen molar-refractivity contribution in [2.75, 3.05) is 6.66 Å². The maximum absolute atomic E-state index is 12.4. The SMILES string of the molecule is Cc1cc(C)cc(O[P@](C)(=O)NCc2ccccc2)c1. The Labute approximate surface area is 120 Å². The van der Waals surface area contributed by atoms with E-state index in [1.807, 2.05) is 56.3 Å². The van der Waals surface area contributed by atoms with Crippen LogP contribution in [-0.2, 0) is 11.1 Å². The lowest BCUT2D eigenvalue weighted by atomic mass is 10.1. The van der Waals surface area contributed by atoms with Crippen molar-refractivity contribution in [2.24, 2.45) is 0 Å². The molecule has 0 aliphatic rings. The monoisotopic (exact) mass is 289 g/mol. The zero-order chi connectivity index (χ0) is 14.6. The lowest BCUT2D eigenvalue weighted by Crippen LogP contribution is -2.13. The summed E-state index contributed by atoms with van der Waals surface area (Å²) in [7, 11) is -2.87. The van der Waals surface area contributed by atoms with E-state index in [2.05, 4.69) is 11.2 Å². The third kappa shape index (κ3) is 4.52. The van der Waals surface area contributed by atoms with Crippen LogP contribution in [0.1, 0.15) is 16.7 Å². The van der Waals surface area contributed by atoms with Gasteiger partial charge < -0.3 is 4.52 Å². The fourth-order valence-corrected chi connectivity index (χ4v) is 3.09. The van der Waals surface area contributed by atoms with Gasteiger partial charge in [-0.3, -0.25) is 4.57 Å². The van der Waals surface area contributed by atoms with Crippen LogP contribution in [0, 0.1) is 13.8 Å². The molecule has 0 spiro atoms. The summed E-state index contributed by atoms with van der Waals surface area (Å²) in [4.78, 5) is 0. The van der Waals surface area contributed by atoms with E-state index in [0.29, 0.717) is 12.3 Å². The van der Waals surface area contributed by atoms with Gasteiger partial charge in [-0.25, -0.2) is 5.09 Å². The molecule has 1 atom stereocenters. The first-order valence-corrected chi connectivity index (χ1v) is 8.66. The highest BCUT2D eigenvalue weighted by Gasteiger charge is 2.16. The minimum atomic E-state index is -2.87. The minimum absolute atomic E-state index is 0.527. The molecule has 2 aromatic carbocycles. The van der Waals surface area contributed by atoms with Gasteiger partial charge in [0.2, 0.25) is 0 Å². The number of benzene rings is 2. The molecule has 0 aromatic heterocycles. The molecule has 4 heteroatoms. The average molecular weight is 289 g/mol. The van der Waals surface area contributed by atoms with Crippen LogP contribution < -0.4 is 9.61 Å². The smallest absolute Gasteiger partial charge is 0.313 e. The molecule has 2 rings (SSSR count). The molecule has 0 saturated carbocycles. The Morgan fingerprint density at radius 3 is 2.25 bits per heavy atom. The van der Waals surface area contributed by atoms with Gasteiger partial charge >= 0.3 is 7.52 Å². The molecule has 0 fully saturated rings. The summed E-state index contributed by atoms with van der Waals surface area (Å²) >= 11 is 0. The van der Waals surface area contributed by atoms with Gasteiger partial charge in [0.25, 0.3) is 0 Å². The van der Waals surface area contributed by atoms with Crippen LogP contribution in [0.4, 0.5) is 0 Å². The Hall–Kier alpha value is -1.57. The Bertz CT molecular complexity index is 605. The van der Waals surface area contributed by atoms with Crippen molar-refractivity contribution in [3.63, 3.8) is 0 Å². The van der Waals surface area contributed by atoms with Gasteiger partial charge in [0.1, 0.15) is 5.75 Å². The number of rotatable bonds is 5. The lowest BCUT2D eigenvalue weighted by Gasteiger charge is -2.17. The Kier molecular flexibility index (Phi) is 4.64. The fraction of sp³-hybridized carbons (Fsp3) is 0.250. The van der Waals surface area contributed by atoms with E-state index in [9.17, 15) is 4.57 Å². The molecule has 20 heavy (non-hydrogen) atoms. The summed E-state index contributed by atoms with van der Waals surface area (Å²) in [5, 5.41) is 3.00. The third-order valence-corrected chi connectivity index (χ3v) is 4.18. The van der Waals surface area contributed by atoms with Crippen molar-refractivity contribution >= 4 is 7.52 Å². The van der Waals surface area contributed by atoms with Gasteiger partial charge in [0, 0.05) is 13.2 Å². The molecular weight excluding hydrogens is 269 g/mol. The lowest BCUT2D eigenvalue weighted by molar-refractivity contribution is 0.473. The predicted octanol–water partition coefficient (Wildman–Crippen LogP) is 4.29. The van der Waals surface area contributed by atoms with E-state index in [-0.39, 0.29) is 0 Å². The summed E-state index contributed by atoms with van der Waals surface area (Å²) < 4.78 is 18.1. The minimum Gasteiger partial charge on any atom is -0.433 e. The Morgan fingerprint density at radius 1 is 1.05 bits per heavy atom. The van der Waals surface area contributed by atoms with Gasteiger partial charge in [0.15, 0.2) is 0 Å². The summed E-state index contributed by atoms with van der Waals surface area (Å²) in [5.41, 5.74) is 3.28. The quantitative estimate of drug-likeness (QED) is 0.834. The van der Waals surface area contributed by atoms with Crippen molar-refractivity contribution in [1.29, 1.82) is 0 Å². The second-order valence-corrected chi connectivity index (χ2v) is 7.27. The largest absolute Gasteiger partial charge is 0.433 e. The van der Waals surface area contributed by atoms with Crippen molar-refractivity contribution in [3.8, 4) is 5.75 Å². The molecule has 106 valence electrons. The standard InChI is InChI=1S/C16H20NO2P/c1-13-9-14(2)11-16(10-13)19-20(3,18)17-12-15-7-5-4-6-8-15/h4-11H,12H2,1-3H3,(H,17,18)/t20-/m0/s1. The fourth-order valence-electron chi connectivity index (χ4n) is 2.05. The number of nitrogens with one attached hydrogen (secondary N) is 1. The van der Waals surface area contributed by atoms with Gasteiger partial charge in [-0.1, -0.05) is 36.4 Å². The molecule has 0 unspecified atom stereocenters. The van der Waals surface area contributed by atoms with Crippen molar-refractivity contribution in [3.05, 3.63) is 65.2 Å². The van der Waals surface area contributed by atoms with Crippen LogP contribution >= 0.6 is 7.52 Å². The van der Waals surface area contributed by atoms with Crippen LogP contribution in [0.5, 0.6) is 5.75 Å². The highest BCUT2D eigenvalue weighted by molar-refractivity contribution is 7.56. The molecule has 0 bridgehead atoms. The number of aryl methyl sites for hydroxylation is 2. The average Bonchev–Trinajstić information content (AvgIpc) is 2.36. The summed E-state index contributed by atoms with van der Waals surface area (Å²) in [6, 6.07) is 15.7. The van der Waals surface area contributed by atoms with E-state index in [1.54, 1.807) is 6.66 Å². The highest BCUT2D eigenvalue weighted by atomic mass is 31.2. The maximum Gasteiger partial charge on any atom is 0.313 e. The molecule has 0 aliphatic heterocycles. The zero-order valence-corrected chi connectivity index (χ0v) is 13.0. The Balaban J connectivity index is 2.02. The maximum atomic E-state index is 12.4. The zero-order valence-electron chi connectivity index (χ0n) is 12.1. The van der Waals surface area contributed by atoms with Crippen molar-refractivity contribution < 1.29 is 9.09 Å². The van der Waals surface area contributed by atoms with Crippen LogP contribution in [-0.4, -0.2) is 6.66 Å². The molecule has 1 N–H and O–H groups in total. The molecule has 0 amide bonds. The van der Waals surface area contributed by atoms with Crippen LogP contribution in [0.2, 0.25) is 0 Å². The first kappa shape index (κ1) is 14.8. The molecule has 0 aliphatic carbocycles. The van der Waals surface area contributed by atoms with E-state index >= 15 is 0 Å². The van der Waals surface area contributed by atoms with E-state index in [1.165, 1.54) is 0 Å². The first-order valence-electron chi connectivity index (χ1n) is 6.59. The van der Waals surface area contributed by atoms with E-state index in [0.717, 1.165) is 16.7 Å².